The van der Waals surface area contributed by atoms with Gasteiger partial charge in [0.15, 0.2) is 0 Å². The minimum atomic E-state index is -0.197. The first-order valence-corrected chi connectivity index (χ1v) is 4.08. The van der Waals surface area contributed by atoms with E-state index in [9.17, 15) is 4.39 Å². The van der Waals surface area contributed by atoms with E-state index < -0.39 is 0 Å². The van der Waals surface area contributed by atoms with Gasteiger partial charge in [0.25, 0.3) is 0 Å². The van der Waals surface area contributed by atoms with Gasteiger partial charge in [0.2, 0.25) is 0 Å². The monoisotopic (exact) mass is 184 g/mol. The van der Waals surface area contributed by atoms with Crippen molar-refractivity contribution in [2.45, 2.75) is 13.8 Å². The van der Waals surface area contributed by atoms with E-state index in [0.29, 0.717) is 16.2 Å². The van der Waals surface area contributed by atoms with Gasteiger partial charge in [0.1, 0.15) is 5.83 Å². The molecular formula is C10H10ClF. The van der Waals surface area contributed by atoms with Gasteiger partial charge in [0.05, 0.1) is 0 Å². The van der Waals surface area contributed by atoms with Gasteiger partial charge in [-0.05, 0) is 31.6 Å². The Morgan fingerprint density at radius 2 is 2.00 bits per heavy atom. The van der Waals surface area contributed by atoms with Crippen LogP contribution in [0.25, 0.3) is 5.83 Å². The van der Waals surface area contributed by atoms with E-state index in [2.05, 4.69) is 0 Å². The van der Waals surface area contributed by atoms with Crippen molar-refractivity contribution in [1.29, 1.82) is 0 Å². The molecule has 0 N–H and O–H groups in total. The maximum atomic E-state index is 13.3. The van der Waals surface area contributed by atoms with Gasteiger partial charge >= 0.3 is 0 Å². The maximum absolute atomic E-state index is 13.3. The molecule has 0 bridgehead atoms. The Morgan fingerprint density at radius 1 is 1.33 bits per heavy atom. The minimum Gasteiger partial charge on any atom is -0.206 e. The smallest absolute Gasteiger partial charge is 0.129 e. The lowest BCUT2D eigenvalue weighted by molar-refractivity contribution is 0.750. The molecule has 0 saturated heterocycles. The fourth-order valence-corrected chi connectivity index (χ4v) is 1.10. The molecule has 1 aromatic carbocycles. The predicted octanol–water partition coefficient (Wildman–Crippen LogP) is 4.06. The van der Waals surface area contributed by atoms with Gasteiger partial charge < -0.3 is 0 Å². The second kappa shape index (κ2) is 3.72. The Kier molecular flexibility index (Phi) is 2.88. The van der Waals surface area contributed by atoms with Crippen LogP contribution in [-0.4, -0.2) is 0 Å². The molecule has 0 atom stereocenters. The van der Waals surface area contributed by atoms with Crippen molar-refractivity contribution in [3.63, 3.8) is 0 Å². The lowest BCUT2D eigenvalue weighted by Crippen LogP contribution is -1.79. The molecule has 0 heterocycles. The summed E-state index contributed by atoms with van der Waals surface area (Å²) in [6.07, 6.45) is 0. The van der Waals surface area contributed by atoms with Gasteiger partial charge in [-0.3, -0.25) is 0 Å². The van der Waals surface area contributed by atoms with Gasteiger partial charge in [-0.15, -0.1) is 0 Å². The fourth-order valence-electron chi connectivity index (χ4n) is 0.914. The highest BCUT2D eigenvalue weighted by molar-refractivity contribution is 6.30. The average Bonchev–Trinajstić information content (AvgIpc) is 2.03. The molecule has 0 aromatic heterocycles. The molecule has 0 aliphatic heterocycles. The second-order valence-electron chi connectivity index (χ2n) is 2.82. The topological polar surface area (TPSA) is 0 Å². The van der Waals surface area contributed by atoms with Crippen LogP contribution in [0.2, 0.25) is 5.02 Å². The summed E-state index contributed by atoms with van der Waals surface area (Å²) < 4.78 is 13.3. The Labute approximate surface area is 76.7 Å². The van der Waals surface area contributed by atoms with Crippen molar-refractivity contribution in [3.8, 4) is 0 Å². The standard InChI is InChI=1S/C10H10ClF/c1-7(2)10(12)8-4-3-5-9(11)6-8/h3-6H,1-2H3. The van der Waals surface area contributed by atoms with E-state index in [0.717, 1.165) is 0 Å². The number of rotatable bonds is 1. The SMILES string of the molecule is CC(C)=C(F)c1cccc(Cl)c1. The van der Waals surface area contributed by atoms with Crippen LogP contribution in [0.4, 0.5) is 4.39 Å². The lowest BCUT2D eigenvalue weighted by atomic mass is 10.1. The first-order valence-electron chi connectivity index (χ1n) is 3.70. The van der Waals surface area contributed by atoms with Crippen LogP contribution < -0.4 is 0 Å². The molecule has 2 heteroatoms. The molecule has 0 fully saturated rings. The van der Waals surface area contributed by atoms with Crippen LogP contribution in [0.5, 0.6) is 0 Å². The summed E-state index contributed by atoms with van der Waals surface area (Å²) in [5.41, 5.74) is 1.21. The van der Waals surface area contributed by atoms with Crippen molar-refractivity contribution < 1.29 is 4.39 Å². The Hall–Kier alpha value is -0.820. The normalized spacial score (nSPS) is 9.67. The fraction of sp³-hybridized carbons (Fsp3) is 0.200. The van der Waals surface area contributed by atoms with Crippen molar-refractivity contribution in [1.82, 2.24) is 0 Å². The molecule has 0 amide bonds. The molecule has 1 aromatic rings. The molecule has 1 rings (SSSR count). The van der Waals surface area contributed by atoms with E-state index in [-0.39, 0.29) is 5.83 Å². The molecule has 0 saturated carbocycles. The molecule has 0 nitrogen and oxygen atoms in total. The third kappa shape index (κ3) is 2.08. The van der Waals surface area contributed by atoms with Crippen molar-refractivity contribution in [2.24, 2.45) is 0 Å². The largest absolute Gasteiger partial charge is 0.206 e. The Balaban J connectivity index is 3.13. The van der Waals surface area contributed by atoms with E-state index in [4.69, 9.17) is 11.6 Å². The van der Waals surface area contributed by atoms with Crippen LogP contribution in [0.15, 0.2) is 29.8 Å². The van der Waals surface area contributed by atoms with Gasteiger partial charge in [-0.2, -0.15) is 0 Å². The van der Waals surface area contributed by atoms with Gasteiger partial charge in [0, 0.05) is 10.6 Å². The Morgan fingerprint density at radius 3 is 2.50 bits per heavy atom. The molecule has 0 unspecified atom stereocenters. The summed E-state index contributed by atoms with van der Waals surface area (Å²) in [4.78, 5) is 0. The number of hydrogen-bond donors (Lipinski definition) is 0. The molecule has 0 spiro atoms. The van der Waals surface area contributed by atoms with Gasteiger partial charge in [-0.1, -0.05) is 23.7 Å². The van der Waals surface area contributed by atoms with E-state index in [1.807, 2.05) is 0 Å². The number of hydrogen-bond acceptors (Lipinski definition) is 0. The molecule has 64 valence electrons. The maximum Gasteiger partial charge on any atom is 0.129 e. The summed E-state index contributed by atoms with van der Waals surface area (Å²) in [6.45, 7) is 3.46. The van der Waals surface area contributed by atoms with Crippen molar-refractivity contribution in [3.05, 3.63) is 40.4 Å². The highest BCUT2D eigenvalue weighted by Crippen LogP contribution is 2.22. The van der Waals surface area contributed by atoms with Crippen LogP contribution in [0, 0.1) is 0 Å². The van der Waals surface area contributed by atoms with Crippen LogP contribution in [-0.2, 0) is 0 Å². The zero-order chi connectivity index (χ0) is 9.14. The number of halogens is 2. The van der Waals surface area contributed by atoms with Crippen LogP contribution >= 0.6 is 11.6 Å². The molecular weight excluding hydrogens is 175 g/mol. The summed E-state index contributed by atoms with van der Waals surface area (Å²) in [7, 11) is 0. The summed E-state index contributed by atoms with van der Waals surface area (Å²) >= 11 is 5.70. The zero-order valence-electron chi connectivity index (χ0n) is 7.07. The van der Waals surface area contributed by atoms with Crippen molar-refractivity contribution >= 4 is 17.4 Å². The Bertz CT molecular complexity index is 311. The lowest BCUT2D eigenvalue weighted by Gasteiger charge is -1.99. The average molecular weight is 185 g/mol. The predicted molar refractivity (Wildman–Crippen MR) is 50.8 cm³/mol. The highest BCUT2D eigenvalue weighted by atomic mass is 35.5. The minimum absolute atomic E-state index is 0.197. The third-order valence-electron chi connectivity index (χ3n) is 1.52. The first kappa shape index (κ1) is 9.27. The van der Waals surface area contributed by atoms with Crippen LogP contribution in [0.1, 0.15) is 19.4 Å². The third-order valence-corrected chi connectivity index (χ3v) is 1.75. The number of benzene rings is 1. The first-order chi connectivity index (χ1) is 5.61. The molecule has 12 heavy (non-hydrogen) atoms. The summed E-state index contributed by atoms with van der Waals surface area (Å²) in [6, 6.07) is 6.78. The second-order valence-corrected chi connectivity index (χ2v) is 3.26. The summed E-state index contributed by atoms with van der Waals surface area (Å²) in [5.74, 6) is -0.197. The zero-order valence-corrected chi connectivity index (χ0v) is 7.82. The summed E-state index contributed by atoms with van der Waals surface area (Å²) in [5, 5.41) is 0.559. The van der Waals surface area contributed by atoms with E-state index in [1.165, 1.54) is 0 Å². The van der Waals surface area contributed by atoms with Crippen molar-refractivity contribution in [2.75, 3.05) is 0 Å². The molecule has 0 aliphatic carbocycles. The molecule has 0 radical (unpaired) electrons. The van der Waals surface area contributed by atoms with E-state index >= 15 is 0 Å². The van der Waals surface area contributed by atoms with Crippen LogP contribution in [0.3, 0.4) is 0 Å². The van der Waals surface area contributed by atoms with E-state index in [1.54, 1.807) is 38.1 Å². The highest BCUT2D eigenvalue weighted by Gasteiger charge is 2.01. The molecule has 0 aliphatic rings. The van der Waals surface area contributed by atoms with Gasteiger partial charge in [-0.25, -0.2) is 4.39 Å². The quantitative estimate of drug-likeness (QED) is 0.618. The number of allylic oxidation sites excluding steroid dienone is 1.